The number of benzene rings is 4. The Morgan fingerprint density at radius 1 is 0.630 bits per heavy atom. The Kier molecular flexibility index (Phi) is 3.68. The highest BCUT2D eigenvalue weighted by atomic mass is 15.0. The highest BCUT2D eigenvalue weighted by molar-refractivity contribution is 6.10. The van der Waals surface area contributed by atoms with Gasteiger partial charge in [-0.3, -0.25) is 0 Å². The second-order valence-corrected chi connectivity index (χ2v) is 6.86. The molecular formula is C25H20N2. The monoisotopic (exact) mass is 348 g/mol. The van der Waals surface area contributed by atoms with Gasteiger partial charge < -0.3 is 9.88 Å². The van der Waals surface area contributed by atoms with Crippen molar-refractivity contribution in [1.82, 2.24) is 4.57 Å². The van der Waals surface area contributed by atoms with Crippen molar-refractivity contribution in [3.05, 3.63) is 103 Å². The number of aryl methyl sites for hydroxylation is 1. The van der Waals surface area contributed by atoms with Crippen molar-refractivity contribution in [2.75, 3.05) is 5.32 Å². The number of aromatic nitrogens is 1. The van der Waals surface area contributed by atoms with Gasteiger partial charge in [-0.1, -0.05) is 60.7 Å². The molecule has 4 aromatic carbocycles. The molecule has 0 radical (unpaired) electrons. The molecular weight excluding hydrogens is 328 g/mol. The van der Waals surface area contributed by atoms with Crippen molar-refractivity contribution in [1.29, 1.82) is 0 Å². The Bertz CT molecular complexity index is 1250. The van der Waals surface area contributed by atoms with Crippen molar-refractivity contribution in [3.63, 3.8) is 0 Å². The van der Waals surface area contributed by atoms with Gasteiger partial charge in [0.2, 0.25) is 0 Å². The number of nitrogens with one attached hydrogen (secondary N) is 1. The van der Waals surface area contributed by atoms with Crippen LogP contribution in [0.3, 0.4) is 0 Å². The molecule has 2 heteroatoms. The molecule has 1 heterocycles. The van der Waals surface area contributed by atoms with E-state index in [-0.39, 0.29) is 0 Å². The van der Waals surface area contributed by atoms with Gasteiger partial charge in [0, 0.05) is 27.8 Å². The van der Waals surface area contributed by atoms with E-state index < -0.39 is 0 Å². The van der Waals surface area contributed by atoms with Gasteiger partial charge in [-0.2, -0.15) is 0 Å². The number of hydrogen-bond donors (Lipinski definition) is 1. The topological polar surface area (TPSA) is 17.0 Å². The maximum Gasteiger partial charge on any atom is 0.0561 e. The molecule has 1 N–H and O–H groups in total. The third-order valence-corrected chi connectivity index (χ3v) is 5.11. The zero-order chi connectivity index (χ0) is 18.2. The molecule has 0 unspecified atom stereocenters. The lowest BCUT2D eigenvalue weighted by Gasteiger charge is -2.11. The minimum Gasteiger partial charge on any atom is -0.355 e. The molecule has 0 aliphatic heterocycles. The fourth-order valence-electron chi connectivity index (χ4n) is 3.77. The van der Waals surface area contributed by atoms with Crippen LogP contribution in [0.25, 0.3) is 27.5 Å². The fraction of sp³-hybridized carbons (Fsp3) is 0.0400. The molecule has 0 saturated carbocycles. The Morgan fingerprint density at radius 2 is 1.33 bits per heavy atom. The smallest absolute Gasteiger partial charge is 0.0561 e. The van der Waals surface area contributed by atoms with Crippen LogP contribution >= 0.6 is 0 Å². The summed E-state index contributed by atoms with van der Waals surface area (Å²) in [6.07, 6.45) is 0. The van der Waals surface area contributed by atoms with Gasteiger partial charge in [-0.05, 0) is 48.9 Å². The molecule has 2 nitrogen and oxygen atoms in total. The van der Waals surface area contributed by atoms with E-state index in [1.807, 2.05) is 0 Å². The lowest BCUT2D eigenvalue weighted by atomic mass is 10.1. The summed E-state index contributed by atoms with van der Waals surface area (Å²) in [6.45, 7) is 2.13. The summed E-state index contributed by atoms with van der Waals surface area (Å²) < 4.78 is 2.34. The first kappa shape index (κ1) is 15.7. The third kappa shape index (κ3) is 2.67. The van der Waals surface area contributed by atoms with E-state index >= 15 is 0 Å². The molecule has 1 aromatic heterocycles. The second kappa shape index (κ2) is 6.33. The zero-order valence-electron chi connectivity index (χ0n) is 15.2. The van der Waals surface area contributed by atoms with Crippen LogP contribution in [0.2, 0.25) is 0 Å². The molecule has 0 fully saturated rings. The molecule has 0 bridgehead atoms. The standard InChI is InChI=1S/C25H20N2/c1-18-9-5-7-13-23(18)26-19-15-16-22-21-12-6-8-14-24(21)27(25(22)17-19)20-10-3-2-4-11-20/h2-17,26H,1H3. The van der Waals surface area contributed by atoms with Gasteiger partial charge >= 0.3 is 0 Å². The van der Waals surface area contributed by atoms with Crippen LogP contribution in [0.1, 0.15) is 5.56 Å². The predicted octanol–water partition coefficient (Wildman–Crippen LogP) is 6.84. The summed E-state index contributed by atoms with van der Waals surface area (Å²) in [4.78, 5) is 0. The first-order chi connectivity index (χ1) is 13.3. The number of anilines is 2. The molecule has 5 rings (SSSR count). The Balaban J connectivity index is 1.74. The third-order valence-electron chi connectivity index (χ3n) is 5.11. The van der Waals surface area contributed by atoms with Gasteiger partial charge in [0.1, 0.15) is 0 Å². The average molecular weight is 348 g/mol. The summed E-state index contributed by atoms with van der Waals surface area (Å²) in [5.41, 5.74) is 7.08. The van der Waals surface area contributed by atoms with Crippen LogP contribution in [0.4, 0.5) is 11.4 Å². The highest BCUT2D eigenvalue weighted by Gasteiger charge is 2.12. The van der Waals surface area contributed by atoms with Crippen LogP contribution in [0.15, 0.2) is 97.1 Å². The van der Waals surface area contributed by atoms with Crippen LogP contribution < -0.4 is 5.32 Å². The van der Waals surface area contributed by atoms with Crippen molar-refractivity contribution >= 4 is 33.2 Å². The van der Waals surface area contributed by atoms with E-state index in [0.717, 1.165) is 11.4 Å². The lowest BCUT2D eigenvalue weighted by molar-refractivity contribution is 1.18. The van der Waals surface area contributed by atoms with E-state index in [4.69, 9.17) is 0 Å². The number of hydrogen-bond acceptors (Lipinski definition) is 1. The minimum absolute atomic E-state index is 1.09. The summed E-state index contributed by atoms with van der Waals surface area (Å²) in [7, 11) is 0. The summed E-state index contributed by atoms with van der Waals surface area (Å²) in [6, 6.07) is 34.2. The van der Waals surface area contributed by atoms with Crippen molar-refractivity contribution < 1.29 is 0 Å². The van der Waals surface area contributed by atoms with E-state index in [1.165, 1.54) is 33.1 Å². The van der Waals surface area contributed by atoms with Gasteiger partial charge in [-0.15, -0.1) is 0 Å². The molecule has 0 spiro atoms. The molecule has 0 atom stereocenters. The molecule has 130 valence electrons. The number of rotatable bonds is 3. The molecule has 27 heavy (non-hydrogen) atoms. The first-order valence-electron chi connectivity index (χ1n) is 9.22. The lowest BCUT2D eigenvalue weighted by Crippen LogP contribution is -1.95. The Labute approximate surface area is 158 Å². The van der Waals surface area contributed by atoms with Gasteiger partial charge in [0.05, 0.1) is 11.0 Å². The summed E-state index contributed by atoms with van der Waals surface area (Å²) in [5, 5.41) is 6.12. The molecule has 0 amide bonds. The summed E-state index contributed by atoms with van der Waals surface area (Å²) >= 11 is 0. The quantitative estimate of drug-likeness (QED) is 0.378. The van der Waals surface area contributed by atoms with E-state index in [0.29, 0.717) is 0 Å². The van der Waals surface area contributed by atoms with Crippen molar-refractivity contribution in [3.8, 4) is 5.69 Å². The number of nitrogens with zero attached hydrogens (tertiary/aromatic N) is 1. The molecule has 0 aliphatic carbocycles. The van der Waals surface area contributed by atoms with Crippen molar-refractivity contribution in [2.24, 2.45) is 0 Å². The molecule has 0 saturated heterocycles. The average Bonchev–Trinajstić information content (AvgIpc) is 3.04. The fourth-order valence-corrected chi connectivity index (χ4v) is 3.77. The minimum atomic E-state index is 1.09. The van der Waals surface area contributed by atoms with E-state index in [9.17, 15) is 0 Å². The molecule has 0 aliphatic rings. The van der Waals surface area contributed by atoms with Gasteiger partial charge in [0.25, 0.3) is 0 Å². The summed E-state index contributed by atoms with van der Waals surface area (Å²) in [5.74, 6) is 0. The van der Waals surface area contributed by atoms with Crippen LogP contribution in [-0.2, 0) is 0 Å². The first-order valence-corrected chi connectivity index (χ1v) is 9.22. The van der Waals surface area contributed by atoms with Crippen molar-refractivity contribution in [2.45, 2.75) is 6.92 Å². The van der Waals surface area contributed by atoms with E-state index in [1.54, 1.807) is 0 Å². The van der Waals surface area contributed by atoms with Gasteiger partial charge in [0.15, 0.2) is 0 Å². The molecule has 5 aromatic rings. The van der Waals surface area contributed by atoms with Crippen LogP contribution in [-0.4, -0.2) is 4.57 Å². The predicted molar refractivity (Wildman–Crippen MR) is 115 cm³/mol. The number of para-hydroxylation sites is 3. The second-order valence-electron chi connectivity index (χ2n) is 6.86. The normalized spacial score (nSPS) is 11.1. The van der Waals surface area contributed by atoms with Crippen LogP contribution in [0.5, 0.6) is 0 Å². The maximum absolute atomic E-state index is 3.57. The number of fused-ring (bicyclic) bond motifs is 3. The maximum atomic E-state index is 3.57. The SMILES string of the molecule is Cc1ccccc1Nc1ccc2c3ccccc3n(-c3ccccc3)c2c1. The zero-order valence-corrected chi connectivity index (χ0v) is 15.2. The van der Waals surface area contributed by atoms with Crippen LogP contribution in [0, 0.1) is 6.92 Å². The highest BCUT2D eigenvalue weighted by Crippen LogP contribution is 2.34. The van der Waals surface area contributed by atoms with Gasteiger partial charge in [-0.25, -0.2) is 0 Å². The largest absolute Gasteiger partial charge is 0.355 e. The Morgan fingerprint density at radius 3 is 2.19 bits per heavy atom. The van der Waals surface area contributed by atoms with E-state index in [2.05, 4.69) is 114 Å². The Hall–Kier alpha value is -3.52.